The van der Waals surface area contributed by atoms with E-state index in [-0.39, 0.29) is 5.92 Å². The standard InChI is InChI=1S/C18H25NO2/c1-12-7-13(2)9-15(8-12)19-10-14-5-3-4-6-16(14)17(11-19)18(20)21/h3-6,12-13,15,17H,7-11H2,1-2H3,(H,20,21). The highest BCUT2D eigenvalue weighted by Gasteiger charge is 2.35. The molecule has 3 unspecified atom stereocenters. The second-order valence-electron chi connectivity index (χ2n) is 7.09. The Labute approximate surface area is 127 Å². The molecule has 1 aromatic carbocycles. The van der Waals surface area contributed by atoms with Crippen molar-refractivity contribution in [2.75, 3.05) is 6.54 Å². The molecule has 1 N–H and O–H groups in total. The summed E-state index contributed by atoms with van der Waals surface area (Å²) in [6, 6.07) is 8.59. The van der Waals surface area contributed by atoms with Crippen molar-refractivity contribution >= 4 is 5.97 Å². The van der Waals surface area contributed by atoms with Crippen molar-refractivity contribution in [1.82, 2.24) is 4.90 Å². The molecular formula is C18H25NO2. The van der Waals surface area contributed by atoms with Crippen LogP contribution in [0.25, 0.3) is 0 Å². The fraction of sp³-hybridized carbons (Fsp3) is 0.611. The van der Waals surface area contributed by atoms with E-state index >= 15 is 0 Å². The molecule has 3 rings (SSSR count). The third-order valence-corrected chi connectivity index (χ3v) is 5.19. The minimum absolute atomic E-state index is 0.373. The van der Waals surface area contributed by atoms with Gasteiger partial charge in [-0.3, -0.25) is 9.69 Å². The molecule has 0 bridgehead atoms. The van der Waals surface area contributed by atoms with Gasteiger partial charge in [0, 0.05) is 19.1 Å². The number of rotatable bonds is 2. The normalized spacial score (nSPS) is 33.4. The largest absolute Gasteiger partial charge is 0.481 e. The molecular weight excluding hydrogens is 262 g/mol. The maximum absolute atomic E-state index is 11.6. The van der Waals surface area contributed by atoms with Crippen molar-refractivity contribution < 1.29 is 9.90 Å². The van der Waals surface area contributed by atoms with E-state index in [2.05, 4.69) is 24.8 Å². The number of hydrogen-bond donors (Lipinski definition) is 1. The van der Waals surface area contributed by atoms with Gasteiger partial charge in [0.1, 0.15) is 0 Å². The summed E-state index contributed by atoms with van der Waals surface area (Å²) in [7, 11) is 0. The van der Waals surface area contributed by atoms with Crippen LogP contribution < -0.4 is 0 Å². The summed E-state index contributed by atoms with van der Waals surface area (Å²) in [5.74, 6) is 0.435. The molecule has 3 atom stereocenters. The number of aliphatic carboxylic acids is 1. The predicted molar refractivity (Wildman–Crippen MR) is 83.2 cm³/mol. The highest BCUT2D eigenvalue weighted by molar-refractivity contribution is 5.77. The first kappa shape index (κ1) is 14.6. The number of nitrogens with zero attached hydrogens (tertiary/aromatic N) is 1. The fourth-order valence-corrected chi connectivity index (χ4v) is 4.33. The van der Waals surface area contributed by atoms with E-state index in [4.69, 9.17) is 0 Å². The highest BCUT2D eigenvalue weighted by atomic mass is 16.4. The summed E-state index contributed by atoms with van der Waals surface area (Å²) >= 11 is 0. The van der Waals surface area contributed by atoms with Gasteiger partial charge in [0.05, 0.1) is 5.92 Å². The van der Waals surface area contributed by atoms with Gasteiger partial charge in [-0.25, -0.2) is 0 Å². The van der Waals surface area contributed by atoms with E-state index in [1.54, 1.807) is 0 Å². The zero-order valence-corrected chi connectivity index (χ0v) is 13.0. The Morgan fingerprint density at radius 3 is 2.48 bits per heavy atom. The van der Waals surface area contributed by atoms with Crippen LogP contribution in [0.3, 0.4) is 0 Å². The third-order valence-electron chi connectivity index (χ3n) is 5.19. The van der Waals surface area contributed by atoms with Crippen molar-refractivity contribution in [1.29, 1.82) is 0 Å². The number of benzene rings is 1. The lowest BCUT2D eigenvalue weighted by atomic mass is 9.78. The van der Waals surface area contributed by atoms with Crippen LogP contribution in [0.1, 0.15) is 50.2 Å². The molecule has 0 spiro atoms. The lowest BCUT2D eigenvalue weighted by molar-refractivity contribution is -0.140. The average molecular weight is 287 g/mol. The highest BCUT2D eigenvalue weighted by Crippen LogP contribution is 2.36. The number of carboxylic acid groups (broad SMARTS) is 1. The monoisotopic (exact) mass is 287 g/mol. The van der Waals surface area contributed by atoms with E-state index in [1.807, 2.05) is 18.2 Å². The van der Waals surface area contributed by atoms with Crippen LogP contribution in [-0.4, -0.2) is 28.6 Å². The second kappa shape index (κ2) is 5.80. The number of hydrogen-bond acceptors (Lipinski definition) is 2. The topological polar surface area (TPSA) is 40.5 Å². The Hall–Kier alpha value is -1.35. The van der Waals surface area contributed by atoms with Crippen LogP contribution in [0, 0.1) is 11.8 Å². The molecule has 1 aliphatic carbocycles. The van der Waals surface area contributed by atoms with Gasteiger partial charge in [0.15, 0.2) is 0 Å². The number of carbonyl (C=O) groups is 1. The van der Waals surface area contributed by atoms with Gasteiger partial charge < -0.3 is 5.11 Å². The average Bonchev–Trinajstić information content (AvgIpc) is 2.45. The quantitative estimate of drug-likeness (QED) is 0.905. The summed E-state index contributed by atoms with van der Waals surface area (Å²) in [5, 5.41) is 9.58. The van der Waals surface area contributed by atoms with Gasteiger partial charge in [0.25, 0.3) is 0 Å². The maximum atomic E-state index is 11.6. The Kier molecular flexibility index (Phi) is 4.03. The summed E-state index contributed by atoms with van der Waals surface area (Å²) < 4.78 is 0. The molecule has 1 aliphatic heterocycles. The van der Waals surface area contributed by atoms with E-state index < -0.39 is 5.97 Å². The molecule has 114 valence electrons. The van der Waals surface area contributed by atoms with Gasteiger partial charge in [0.2, 0.25) is 0 Å². The Morgan fingerprint density at radius 1 is 1.14 bits per heavy atom. The molecule has 1 fully saturated rings. The predicted octanol–water partition coefficient (Wildman–Crippen LogP) is 3.50. The Bertz CT molecular complexity index is 518. The molecule has 3 heteroatoms. The first-order valence-electron chi connectivity index (χ1n) is 8.09. The van der Waals surface area contributed by atoms with E-state index in [9.17, 15) is 9.90 Å². The van der Waals surface area contributed by atoms with E-state index in [0.717, 1.165) is 23.9 Å². The van der Waals surface area contributed by atoms with Crippen LogP contribution in [0.15, 0.2) is 24.3 Å². The van der Waals surface area contributed by atoms with Crippen molar-refractivity contribution in [3.8, 4) is 0 Å². The first-order valence-corrected chi connectivity index (χ1v) is 8.09. The molecule has 1 aromatic rings. The van der Waals surface area contributed by atoms with Gasteiger partial charge >= 0.3 is 5.97 Å². The van der Waals surface area contributed by atoms with Gasteiger partial charge in [-0.15, -0.1) is 0 Å². The van der Waals surface area contributed by atoms with Crippen molar-refractivity contribution in [2.45, 2.75) is 51.6 Å². The summed E-state index contributed by atoms with van der Waals surface area (Å²) in [4.78, 5) is 14.1. The lowest BCUT2D eigenvalue weighted by Crippen LogP contribution is -2.45. The smallest absolute Gasteiger partial charge is 0.312 e. The number of fused-ring (bicyclic) bond motifs is 1. The molecule has 1 saturated carbocycles. The van der Waals surface area contributed by atoms with E-state index in [0.29, 0.717) is 12.6 Å². The molecule has 0 saturated heterocycles. The molecule has 0 amide bonds. The molecule has 0 radical (unpaired) electrons. The zero-order chi connectivity index (χ0) is 15.0. The van der Waals surface area contributed by atoms with Crippen molar-refractivity contribution in [3.63, 3.8) is 0 Å². The number of carboxylic acids is 1. The minimum atomic E-state index is -0.691. The molecule has 2 aliphatic rings. The first-order chi connectivity index (χ1) is 10.0. The second-order valence-corrected chi connectivity index (χ2v) is 7.09. The van der Waals surface area contributed by atoms with Crippen molar-refractivity contribution in [3.05, 3.63) is 35.4 Å². The molecule has 0 aromatic heterocycles. The van der Waals surface area contributed by atoms with Crippen molar-refractivity contribution in [2.24, 2.45) is 11.8 Å². The molecule has 3 nitrogen and oxygen atoms in total. The van der Waals surface area contributed by atoms with Gasteiger partial charge in [-0.1, -0.05) is 38.1 Å². The third kappa shape index (κ3) is 2.98. The van der Waals surface area contributed by atoms with Gasteiger partial charge in [-0.2, -0.15) is 0 Å². The Morgan fingerprint density at radius 2 is 1.81 bits per heavy atom. The SMILES string of the molecule is CC1CC(C)CC(N2Cc3ccccc3C(C(=O)O)C2)C1. The van der Waals surface area contributed by atoms with Crippen LogP contribution in [0.4, 0.5) is 0 Å². The van der Waals surface area contributed by atoms with Crippen LogP contribution >= 0.6 is 0 Å². The van der Waals surface area contributed by atoms with Crippen LogP contribution in [-0.2, 0) is 11.3 Å². The fourth-order valence-electron chi connectivity index (χ4n) is 4.33. The van der Waals surface area contributed by atoms with Crippen LogP contribution in [0.5, 0.6) is 0 Å². The lowest BCUT2D eigenvalue weighted by Gasteiger charge is -2.43. The zero-order valence-electron chi connectivity index (χ0n) is 13.0. The van der Waals surface area contributed by atoms with Crippen LogP contribution in [0.2, 0.25) is 0 Å². The minimum Gasteiger partial charge on any atom is -0.481 e. The van der Waals surface area contributed by atoms with Gasteiger partial charge in [-0.05, 0) is 42.2 Å². The maximum Gasteiger partial charge on any atom is 0.312 e. The molecule has 21 heavy (non-hydrogen) atoms. The summed E-state index contributed by atoms with van der Waals surface area (Å²) in [5.41, 5.74) is 2.21. The summed E-state index contributed by atoms with van der Waals surface area (Å²) in [6.07, 6.45) is 3.72. The Balaban J connectivity index is 1.84. The van der Waals surface area contributed by atoms with E-state index in [1.165, 1.54) is 24.8 Å². The molecule has 1 heterocycles. The summed E-state index contributed by atoms with van der Waals surface area (Å²) in [6.45, 7) is 6.23.